The largest absolute Gasteiger partial charge is 0.293 e. The predicted octanol–water partition coefficient (Wildman–Crippen LogP) is 4.60. The van der Waals surface area contributed by atoms with Crippen LogP contribution < -0.4 is 0 Å². The smallest absolute Gasteiger partial charge is 0.176 e. The highest BCUT2D eigenvalue weighted by Gasteiger charge is 2.20. The van der Waals surface area contributed by atoms with Crippen molar-refractivity contribution in [3.8, 4) is 0 Å². The van der Waals surface area contributed by atoms with Crippen LogP contribution in [0, 0.1) is 5.92 Å². The molecule has 0 bridgehead atoms. The van der Waals surface area contributed by atoms with E-state index in [0.29, 0.717) is 15.6 Å². The predicted molar refractivity (Wildman–Crippen MR) is 68.3 cm³/mol. The molecule has 1 rings (SSSR count). The Labute approximate surface area is 108 Å². The zero-order valence-electron chi connectivity index (χ0n) is 8.43. The maximum atomic E-state index is 11.9. The summed E-state index contributed by atoms with van der Waals surface area (Å²) in [5.41, 5.74) is 0.583. The van der Waals surface area contributed by atoms with E-state index in [1.807, 2.05) is 13.8 Å². The van der Waals surface area contributed by atoms with Crippen LogP contribution in [0.4, 0.5) is 0 Å². The maximum absolute atomic E-state index is 11.9. The van der Waals surface area contributed by atoms with Crippen LogP contribution in [0.5, 0.6) is 0 Å². The summed E-state index contributed by atoms with van der Waals surface area (Å²) in [5.74, 6) is 0.274. The lowest BCUT2D eigenvalue weighted by atomic mass is 10.0. The molecule has 1 aromatic carbocycles. The standard InChI is InChI=1S/C11H11BrCl2O/c1-6(2)10(12)11(15)7-3-4-8(13)9(14)5-7/h3-6,10H,1-2H3/t10-/m1/s1. The fourth-order valence-electron chi connectivity index (χ4n) is 1.11. The van der Waals surface area contributed by atoms with Crippen LogP contribution in [-0.2, 0) is 0 Å². The minimum absolute atomic E-state index is 0.0311. The number of Topliss-reactive ketones (excluding diaryl/α,β-unsaturated/α-hetero) is 1. The fraction of sp³-hybridized carbons (Fsp3) is 0.364. The number of carbonyl (C=O) groups is 1. The van der Waals surface area contributed by atoms with E-state index in [-0.39, 0.29) is 16.5 Å². The average molecular weight is 310 g/mol. The molecule has 82 valence electrons. The number of halogens is 3. The molecule has 0 heterocycles. The van der Waals surface area contributed by atoms with Gasteiger partial charge in [-0.3, -0.25) is 4.79 Å². The second-order valence-electron chi connectivity index (χ2n) is 3.64. The molecule has 1 atom stereocenters. The number of benzene rings is 1. The normalized spacial score (nSPS) is 12.9. The van der Waals surface area contributed by atoms with Gasteiger partial charge in [0.2, 0.25) is 0 Å². The van der Waals surface area contributed by atoms with Crippen molar-refractivity contribution in [3.63, 3.8) is 0 Å². The number of carbonyl (C=O) groups excluding carboxylic acids is 1. The number of hydrogen-bond acceptors (Lipinski definition) is 1. The molecule has 0 spiro atoms. The molecular formula is C11H11BrCl2O. The molecule has 0 saturated heterocycles. The summed E-state index contributed by atoms with van der Waals surface area (Å²) in [4.78, 5) is 11.7. The number of alkyl halides is 1. The Hall–Kier alpha value is -0.0500. The average Bonchev–Trinajstić information content (AvgIpc) is 2.19. The van der Waals surface area contributed by atoms with Gasteiger partial charge in [-0.15, -0.1) is 0 Å². The molecular weight excluding hydrogens is 299 g/mol. The van der Waals surface area contributed by atoms with Crippen molar-refractivity contribution in [1.82, 2.24) is 0 Å². The van der Waals surface area contributed by atoms with E-state index in [2.05, 4.69) is 15.9 Å². The van der Waals surface area contributed by atoms with Gasteiger partial charge in [-0.25, -0.2) is 0 Å². The van der Waals surface area contributed by atoms with Gasteiger partial charge >= 0.3 is 0 Å². The zero-order valence-corrected chi connectivity index (χ0v) is 11.5. The second-order valence-corrected chi connectivity index (χ2v) is 5.44. The molecule has 0 N–H and O–H groups in total. The molecule has 0 saturated carbocycles. The summed E-state index contributed by atoms with van der Waals surface area (Å²) in [6, 6.07) is 4.92. The summed E-state index contributed by atoms with van der Waals surface area (Å²) < 4.78 is 0. The van der Waals surface area contributed by atoms with Crippen molar-refractivity contribution in [2.75, 3.05) is 0 Å². The third-order valence-corrected chi connectivity index (χ3v) is 4.25. The number of rotatable bonds is 3. The van der Waals surface area contributed by atoms with Crippen LogP contribution in [0.1, 0.15) is 24.2 Å². The Morgan fingerprint density at radius 2 is 1.87 bits per heavy atom. The minimum Gasteiger partial charge on any atom is -0.293 e. The van der Waals surface area contributed by atoms with E-state index in [9.17, 15) is 4.79 Å². The third kappa shape index (κ3) is 3.20. The van der Waals surface area contributed by atoms with Crippen LogP contribution in [0.3, 0.4) is 0 Å². The first-order valence-corrected chi connectivity index (χ1v) is 6.24. The molecule has 0 aliphatic carbocycles. The molecule has 1 nitrogen and oxygen atoms in total. The molecule has 0 amide bonds. The van der Waals surface area contributed by atoms with Crippen molar-refractivity contribution < 1.29 is 4.79 Å². The fourth-order valence-corrected chi connectivity index (χ4v) is 1.67. The van der Waals surface area contributed by atoms with E-state index >= 15 is 0 Å². The summed E-state index contributed by atoms with van der Waals surface area (Å²) in [5, 5.41) is 0.870. The quantitative estimate of drug-likeness (QED) is 0.589. The highest BCUT2D eigenvalue weighted by Crippen LogP contribution is 2.25. The van der Waals surface area contributed by atoms with Crippen LogP contribution in [0.15, 0.2) is 18.2 Å². The summed E-state index contributed by atoms with van der Waals surface area (Å²) in [7, 11) is 0. The summed E-state index contributed by atoms with van der Waals surface area (Å²) in [6.45, 7) is 3.96. The Bertz CT molecular complexity index is 377. The lowest BCUT2D eigenvalue weighted by Gasteiger charge is -2.12. The summed E-state index contributed by atoms with van der Waals surface area (Å²) in [6.07, 6.45) is 0. The minimum atomic E-state index is -0.185. The molecule has 0 aromatic heterocycles. The first-order valence-electron chi connectivity index (χ1n) is 4.57. The molecule has 0 radical (unpaired) electrons. The van der Waals surface area contributed by atoms with Crippen molar-refractivity contribution in [2.45, 2.75) is 18.7 Å². The number of hydrogen-bond donors (Lipinski definition) is 0. The Morgan fingerprint density at radius 3 is 2.33 bits per heavy atom. The first kappa shape index (κ1) is 13.0. The Balaban J connectivity index is 2.97. The van der Waals surface area contributed by atoms with Crippen LogP contribution in [0.25, 0.3) is 0 Å². The maximum Gasteiger partial charge on any atom is 0.176 e. The first-order chi connectivity index (χ1) is 6.93. The van der Waals surface area contributed by atoms with Gasteiger partial charge in [0.15, 0.2) is 5.78 Å². The third-order valence-electron chi connectivity index (χ3n) is 2.04. The number of ketones is 1. The van der Waals surface area contributed by atoms with Crippen molar-refractivity contribution in [3.05, 3.63) is 33.8 Å². The molecule has 1 aromatic rings. The van der Waals surface area contributed by atoms with Gasteiger partial charge in [-0.05, 0) is 24.1 Å². The van der Waals surface area contributed by atoms with Gasteiger partial charge in [-0.1, -0.05) is 53.0 Å². The van der Waals surface area contributed by atoms with Gasteiger partial charge in [0.1, 0.15) is 0 Å². The van der Waals surface area contributed by atoms with Gasteiger partial charge in [0, 0.05) is 5.56 Å². The van der Waals surface area contributed by atoms with Gasteiger partial charge in [0.25, 0.3) is 0 Å². The summed E-state index contributed by atoms with van der Waals surface area (Å²) >= 11 is 15.0. The lowest BCUT2D eigenvalue weighted by Crippen LogP contribution is -2.19. The molecule has 0 aliphatic heterocycles. The van der Waals surface area contributed by atoms with Crippen LogP contribution >= 0.6 is 39.1 Å². The molecule has 0 fully saturated rings. The molecule has 0 aliphatic rings. The van der Waals surface area contributed by atoms with Crippen molar-refractivity contribution >= 4 is 44.9 Å². The molecule has 0 unspecified atom stereocenters. The van der Waals surface area contributed by atoms with Crippen molar-refractivity contribution in [2.24, 2.45) is 5.92 Å². The van der Waals surface area contributed by atoms with Crippen molar-refractivity contribution in [1.29, 1.82) is 0 Å². The monoisotopic (exact) mass is 308 g/mol. The second kappa shape index (κ2) is 5.33. The molecule has 4 heteroatoms. The van der Waals surface area contributed by atoms with Gasteiger partial charge in [-0.2, -0.15) is 0 Å². The van der Waals surface area contributed by atoms with E-state index in [1.165, 1.54) is 0 Å². The highest BCUT2D eigenvalue weighted by atomic mass is 79.9. The Kier molecular flexibility index (Phi) is 4.63. The van der Waals surface area contributed by atoms with E-state index in [4.69, 9.17) is 23.2 Å². The topological polar surface area (TPSA) is 17.1 Å². The Morgan fingerprint density at radius 1 is 1.27 bits per heavy atom. The van der Waals surface area contributed by atoms with Gasteiger partial charge in [0.05, 0.1) is 14.9 Å². The van der Waals surface area contributed by atoms with E-state index in [0.717, 1.165) is 0 Å². The van der Waals surface area contributed by atoms with E-state index < -0.39 is 0 Å². The highest BCUT2D eigenvalue weighted by molar-refractivity contribution is 9.10. The lowest BCUT2D eigenvalue weighted by molar-refractivity contribution is 0.0978. The molecule has 15 heavy (non-hydrogen) atoms. The SMILES string of the molecule is CC(C)[C@@H](Br)C(=O)c1ccc(Cl)c(Cl)c1. The van der Waals surface area contributed by atoms with Crippen LogP contribution in [0.2, 0.25) is 10.0 Å². The van der Waals surface area contributed by atoms with Gasteiger partial charge < -0.3 is 0 Å². The van der Waals surface area contributed by atoms with E-state index in [1.54, 1.807) is 18.2 Å². The van der Waals surface area contributed by atoms with Crippen LogP contribution in [-0.4, -0.2) is 10.6 Å². The zero-order chi connectivity index (χ0) is 11.6.